The first-order valence-corrected chi connectivity index (χ1v) is 11.1. The number of esters is 1. The Morgan fingerprint density at radius 1 is 1.00 bits per heavy atom. The number of hydrogen-bond donors (Lipinski definition) is 0. The van der Waals surface area contributed by atoms with Gasteiger partial charge in [0.2, 0.25) is 0 Å². The van der Waals surface area contributed by atoms with E-state index in [4.69, 9.17) is 14.2 Å². The summed E-state index contributed by atoms with van der Waals surface area (Å²) in [5, 5.41) is 0. The number of carbonyl (C=O) groups is 1. The molecule has 0 amide bonds. The third-order valence-corrected chi connectivity index (χ3v) is 5.82. The number of unbranched alkanes of at least 4 members (excludes halogenated alkanes) is 4. The van der Waals surface area contributed by atoms with Crippen LogP contribution in [-0.2, 0) is 4.74 Å². The molecule has 0 heterocycles. The minimum Gasteiger partial charge on any atom is -0.492 e. The second kappa shape index (κ2) is 12.0. The first kappa shape index (κ1) is 22.6. The van der Waals surface area contributed by atoms with Crippen molar-refractivity contribution in [3.8, 4) is 11.5 Å². The van der Waals surface area contributed by atoms with Crippen LogP contribution in [0, 0.1) is 0 Å². The Hall–Kier alpha value is -1.71. The molecule has 2 rings (SSSR count). The summed E-state index contributed by atoms with van der Waals surface area (Å²) in [4.78, 5) is 12.2. The van der Waals surface area contributed by atoms with Gasteiger partial charge in [0.05, 0.1) is 20.3 Å². The molecular weight excluding hydrogens is 352 g/mol. The smallest absolute Gasteiger partial charge is 0.341 e. The number of methoxy groups -OCH3 is 2. The van der Waals surface area contributed by atoms with E-state index in [1.807, 2.05) is 6.07 Å². The first-order valence-electron chi connectivity index (χ1n) is 11.1. The van der Waals surface area contributed by atoms with Crippen LogP contribution in [0.4, 0.5) is 0 Å². The highest BCUT2D eigenvalue weighted by atomic mass is 16.5. The number of benzene rings is 1. The van der Waals surface area contributed by atoms with Crippen molar-refractivity contribution in [2.45, 2.75) is 96.5 Å². The van der Waals surface area contributed by atoms with E-state index in [1.54, 1.807) is 7.11 Å². The van der Waals surface area contributed by atoms with Gasteiger partial charge in [0.1, 0.15) is 5.56 Å². The summed E-state index contributed by atoms with van der Waals surface area (Å²) in [7, 11) is 3.01. The third kappa shape index (κ3) is 5.89. The summed E-state index contributed by atoms with van der Waals surface area (Å²) in [6.45, 7) is 4.48. The molecule has 1 aliphatic rings. The van der Waals surface area contributed by atoms with Gasteiger partial charge in [0.25, 0.3) is 0 Å². The standard InChI is InChI=1S/C24H38O4/c1-5-7-8-9-10-13-18(12-6-2)20-16-17-21(24(25)27-4)22(26-3)23(20)28-19-14-11-15-19/h16-19H,5-15H2,1-4H3. The first-order chi connectivity index (χ1) is 13.7. The minimum atomic E-state index is -0.381. The lowest BCUT2D eigenvalue weighted by Gasteiger charge is -2.30. The zero-order valence-corrected chi connectivity index (χ0v) is 18.2. The van der Waals surface area contributed by atoms with Gasteiger partial charge in [0.15, 0.2) is 11.5 Å². The average molecular weight is 391 g/mol. The Balaban J connectivity index is 2.30. The average Bonchev–Trinajstić information content (AvgIpc) is 2.68. The van der Waals surface area contributed by atoms with E-state index in [9.17, 15) is 4.79 Å². The molecule has 0 spiro atoms. The predicted molar refractivity (Wildman–Crippen MR) is 114 cm³/mol. The maximum Gasteiger partial charge on any atom is 0.341 e. The Kier molecular flexibility index (Phi) is 9.66. The molecule has 158 valence electrons. The minimum absolute atomic E-state index is 0.229. The molecule has 1 fully saturated rings. The Bertz CT molecular complexity index is 607. The number of carbonyl (C=O) groups excluding carboxylic acids is 1. The lowest BCUT2D eigenvalue weighted by Crippen LogP contribution is -2.26. The zero-order valence-electron chi connectivity index (χ0n) is 18.2. The van der Waals surface area contributed by atoms with Crippen LogP contribution < -0.4 is 9.47 Å². The molecule has 1 unspecified atom stereocenters. The maximum atomic E-state index is 12.2. The lowest BCUT2D eigenvalue weighted by molar-refractivity contribution is 0.0593. The van der Waals surface area contributed by atoms with E-state index in [0.29, 0.717) is 17.2 Å². The van der Waals surface area contributed by atoms with E-state index in [2.05, 4.69) is 19.9 Å². The van der Waals surface area contributed by atoms with Gasteiger partial charge in [-0.1, -0.05) is 58.4 Å². The summed E-state index contributed by atoms with van der Waals surface area (Å²) in [5.41, 5.74) is 1.63. The molecule has 1 aromatic carbocycles. The Morgan fingerprint density at radius 2 is 1.75 bits per heavy atom. The molecule has 1 aromatic rings. The van der Waals surface area contributed by atoms with Gasteiger partial charge in [0, 0.05) is 5.56 Å². The van der Waals surface area contributed by atoms with Crippen LogP contribution in [-0.4, -0.2) is 26.3 Å². The van der Waals surface area contributed by atoms with E-state index >= 15 is 0 Å². The van der Waals surface area contributed by atoms with Gasteiger partial charge in [-0.25, -0.2) is 4.79 Å². The van der Waals surface area contributed by atoms with Crippen molar-refractivity contribution in [1.29, 1.82) is 0 Å². The molecule has 1 atom stereocenters. The second-order valence-corrected chi connectivity index (χ2v) is 7.92. The van der Waals surface area contributed by atoms with Gasteiger partial charge in [-0.05, 0) is 44.1 Å². The normalized spacial score (nSPS) is 15.0. The largest absolute Gasteiger partial charge is 0.492 e. The van der Waals surface area contributed by atoms with E-state index in [0.717, 1.165) is 37.9 Å². The Morgan fingerprint density at radius 3 is 2.32 bits per heavy atom. The van der Waals surface area contributed by atoms with Gasteiger partial charge in [-0.2, -0.15) is 0 Å². The fourth-order valence-corrected chi connectivity index (χ4v) is 3.95. The number of rotatable bonds is 13. The molecular formula is C24H38O4. The van der Waals surface area contributed by atoms with Crippen molar-refractivity contribution in [3.05, 3.63) is 23.3 Å². The molecule has 0 N–H and O–H groups in total. The lowest BCUT2D eigenvalue weighted by atomic mass is 9.87. The highest BCUT2D eigenvalue weighted by molar-refractivity contribution is 5.93. The monoisotopic (exact) mass is 390 g/mol. The van der Waals surface area contributed by atoms with Crippen molar-refractivity contribution in [2.75, 3.05) is 14.2 Å². The highest BCUT2D eigenvalue weighted by Crippen LogP contribution is 2.44. The van der Waals surface area contributed by atoms with Crippen LogP contribution in [0.2, 0.25) is 0 Å². The fourth-order valence-electron chi connectivity index (χ4n) is 3.95. The molecule has 1 saturated carbocycles. The molecule has 0 saturated heterocycles. The van der Waals surface area contributed by atoms with Gasteiger partial charge in [-0.15, -0.1) is 0 Å². The van der Waals surface area contributed by atoms with Crippen molar-refractivity contribution < 1.29 is 19.0 Å². The molecule has 0 radical (unpaired) electrons. The maximum absolute atomic E-state index is 12.2. The van der Waals surface area contributed by atoms with Gasteiger partial charge in [-0.3, -0.25) is 0 Å². The van der Waals surface area contributed by atoms with Gasteiger partial charge < -0.3 is 14.2 Å². The molecule has 4 nitrogen and oxygen atoms in total. The quantitative estimate of drug-likeness (QED) is 0.279. The van der Waals surface area contributed by atoms with E-state index < -0.39 is 0 Å². The van der Waals surface area contributed by atoms with Crippen LogP contribution in [0.25, 0.3) is 0 Å². The summed E-state index contributed by atoms with van der Waals surface area (Å²) in [6.07, 6.45) is 13.4. The van der Waals surface area contributed by atoms with Crippen molar-refractivity contribution in [1.82, 2.24) is 0 Å². The van der Waals surface area contributed by atoms with Crippen LogP contribution in [0.15, 0.2) is 12.1 Å². The topological polar surface area (TPSA) is 44.8 Å². The zero-order chi connectivity index (χ0) is 20.4. The molecule has 1 aliphatic carbocycles. The molecule has 28 heavy (non-hydrogen) atoms. The molecule has 4 heteroatoms. The van der Waals surface area contributed by atoms with Crippen molar-refractivity contribution in [3.63, 3.8) is 0 Å². The molecule has 0 bridgehead atoms. The van der Waals surface area contributed by atoms with Crippen LogP contribution in [0.5, 0.6) is 11.5 Å². The Labute approximate surface area is 170 Å². The number of hydrogen-bond acceptors (Lipinski definition) is 4. The summed E-state index contributed by atoms with van der Waals surface area (Å²) in [6, 6.07) is 3.91. The van der Waals surface area contributed by atoms with Crippen molar-refractivity contribution >= 4 is 5.97 Å². The van der Waals surface area contributed by atoms with E-state index in [1.165, 1.54) is 51.2 Å². The summed E-state index contributed by atoms with van der Waals surface area (Å²) < 4.78 is 17.0. The van der Waals surface area contributed by atoms with Crippen molar-refractivity contribution in [2.24, 2.45) is 0 Å². The SMILES string of the molecule is CCCCCCCC(CCC)c1ccc(C(=O)OC)c(OC)c1OC1CCC1. The summed E-state index contributed by atoms with van der Waals surface area (Å²) in [5.74, 6) is 1.35. The highest BCUT2D eigenvalue weighted by Gasteiger charge is 2.28. The van der Waals surface area contributed by atoms with Crippen LogP contribution in [0.1, 0.15) is 106 Å². The van der Waals surface area contributed by atoms with Crippen LogP contribution in [0.3, 0.4) is 0 Å². The van der Waals surface area contributed by atoms with Crippen LogP contribution >= 0.6 is 0 Å². The molecule has 0 aromatic heterocycles. The predicted octanol–water partition coefficient (Wildman–Crippen LogP) is 6.66. The third-order valence-electron chi connectivity index (χ3n) is 5.82. The second-order valence-electron chi connectivity index (χ2n) is 7.92. The molecule has 0 aliphatic heterocycles. The van der Waals surface area contributed by atoms with Gasteiger partial charge >= 0.3 is 5.97 Å². The summed E-state index contributed by atoms with van der Waals surface area (Å²) >= 11 is 0. The fraction of sp³-hybridized carbons (Fsp3) is 0.708. The number of ether oxygens (including phenoxy) is 3. The van der Waals surface area contributed by atoms with E-state index in [-0.39, 0.29) is 12.1 Å².